The van der Waals surface area contributed by atoms with E-state index in [-0.39, 0.29) is 23.3 Å². The van der Waals surface area contributed by atoms with Crippen LogP contribution in [0, 0.1) is 11.8 Å². The molecule has 1 unspecified atom stereocenters. The van der Waals surface area contributed by atoms with Crippen molar-refractivity contribution in [2.24, 2.45) is 11.8 Å². The minimum absolute atomic E-state index is 0.0369. The topological polar surface area (TPSA) is 53.9 Å². The first-order valence-corrected chi connectivity index (χ1v) is 13.4. The normalized spacial score (nSPS) is 17.9. The summed E-state index contributed by atoms with van der Waals surface area (Å²) >= 11 is 0. The Labute approximate surface area is 223 Å². The molecule has 7 rings (SSSR count). The van der Waals surface area contributed by atoms with Crippen LogP contribution in [0.15, 0.2) is 72.9 Å². The van der Waals surface area contributed by atoms with Crippen LogP contribution in [-0.4, -0.2) is 38.4 Å². The number of hydrogen-bond donors (Lipinski definition) is 1. The molecule has 0 bridgehead atoms. The van der Waals surface area contributed by atoms with Crippen molar-refractivity contribution in [3.8, 4) is 22.5 Å². The molecular weight excluding hydrogens is 501 g/mol. The molecule has 3 heterocycles. The van der Waals surface area contributed by atoms with E-state index < -0.39 is 11.7 Å². The molecule has 2 fully saturated rings. The van der Waals surface area contributed by atoms with E-state index in [0.29, 0.717) is 31.0 Å². The Kier molecular flexibility index (Phi) is 5.54. The lowest BCUT2D eigenvalue weighted by atomic mass is 10.0. The molecule has 2 aliphatic rings. The Morgan fingerprint density at radius 1 is 0.949 bits per heavy atom. The van der Waals surface area contributed by atoms with Crippen molar-refractivity contribution in [1.82, 2.24) is 19.4 Å². The molecule has 8 heteroatoms. The third-order valence-corrected chi connectivity index (χ3v) is 8.08. The number of benzene rings is 3. The van der Waals surface area contributed by atoms with Crippen molar-refractivity contribution in [3.05, 3.63) is 78.5 Å². The maximum absolute atomic E-state index is 13.9. The zero-order valence-corrected chi connectivity index (χ0v) is 21.2. The van der Waals surface area contributed by atoms with Gasteiger partial charge in [-0.1, -0.05) is 42.5 Å². The first-order valence-electron chi connectivity index (χ1n) is 13.4. The molecule has 0 radical (unpaired) electrons. The van der Waals surface area contributed by atoms with E-state index in [9.17, 15) is 18.0 Å². The molecule has 1 aliphatic carbocycles. The molecule has 1 amide bonds. The third-order valence-electron chi connectivity index (χ3n) is 8.08. The van der Waals surface area contributed by atoms with Gasteiger partial charge in [-0.15, -0.1) is 0 Å². The van der Waals surface area contributed by atoms with Crippen molar-refractivity contribution >= 4 is 27.8 Å². The van der Waals surface area contributed by atoms with Gasteiger partial charge in [0.25, 0.3) is 0 Å². The maximum Gasteiger partial charge on any atom is 0.418 e. The molecule has 39 heavy (non-hydrogen) atoms. The number of halogens is 3. The summed E-state index contributed by atoms with van der Waals surface area (Å²) in [5.74, 6) is 1.06. The smallest absolute Gasteiger partial charge is 0.361 e. The molecule has 5 aromatic rings. The van der Waals surface area contributed by atoms with E-state index in [1.165, 1.54) is 6.07 Å². The molecule has 5 nitrogen and oxygen atoms in total. The van der Waals surface area contributed by atoms with Gasteiger partial charge in [0, 0.05) is 42.8 Å². The second-order valence-electron chi connectivity index (χ2n) is 10.8. The van der Waals surface area contributed by atoms with Gasteiger partial charge in [0.2, 0.25) is 5.91 Å². The predicted molar refractivity (Wildman–Crippen MR) is 145 cm³/mol. The number of imidazole rings is 1. The lowest BCUT2D eigenvalue weighted by Gasteiger charge is -2.18. The van der Waals surface area contributed by atoms with Crippen LogP contribution in [0.25, 0.3) is 44.5 Å². The van der Waals surface area contributed by atoms with Crippen molar-refractivity contribution in [2.75, 3.05) is 13.1 Å². The molecule has 198 valence electrons. The maximum atomic E-state index is 13.9. The minimum atomic E-state index is -4.50. The number of rotatable bonds is 5. The van der Waals surface area contributed by atoms with Crippen LogP contribution < -0.4 is 0 Å². The summed E-state index contributed by atoms with van der Waals surface area (Å²) in [6, 6.07) is 20.3. The number of hydrogen-bond acceptors (Lipinski definition) is 2. The number of nitrogens with one attached hydrogen (secondary N) is 1. The Morgan fingerprint density at radius 2 is 1.72 bits per heavy atom. The average Bonchev–Trinajstić information content (AvgIpc) is 3.32. The number of aromatic nitrogens is 3. The van der Waals surface area contributed by atoms with Crippen LogP contribution >= 0.6 is 0 Å². The van der Waals surface area contributed by atoms with E-state index in [1.807, 2.05) is 46.0 Å². The average molecular weight is 529 g/mol. The van der Waals surface area contributed by atoms with Crippen molar-refractivity contribution < 1.29 is 18.0 Å². The summed E-state index contributed by atoms with van der Waals surface area (Å²) < 4.78 is 43.7. The van der Waals surface area contributed by atoms with Crippen LogP contribution in [0.3, 0.4) is 0 Å². The number of aromatic amines is 1. The van der Waals surface area contributed by atoms with E-state index in [2.05, 4.69) is 28.2 Å². The van der Waals surface area contributed by atoms with Crippen molar-refractivity contribution in [2.45, 2.75) is 32.0 Å². The van der Waals surface area contributed by atoms with Crippen molar-refractivity contribution in [1.29, 1.82) is 0 Å². The number of fused-ring (bicyclic) bond motifs is 2. The third kappa shape index (κ3) is 4.37. The molecule has 1 aliphatic heterocycles. The summed E-state index contributed by atoms with van der Waals surface area (Å²) in [6.07, 6.45) is 0.160. The number of H-pyrrole nitrogens is 1. The van der Waals surface area contributed by atoms with Gasteiger partial charge in [-0.05, 0) is 66.0 Å². The summed E-state index contributed by atoms with van der Waals surface area (Å²) in [4.78, 5) is 22.3. The predicted octanol–water partition coefficient (Wildman–Crippen LogP) is 7.13. The first-order chi connectivity index (χ1) is 18.8. The summed E-state index contributed by atoms with van der Waals surface area (Å²) in [7, 11) is 0. The minimum Gasteiger partial charge on any atom is -0.361 e. The second kappa shape index (κ2) is 9.00. The number of para-hydroxylation sites is 1. The van der Waals surface area contributed by atoms with Gasteiger partial charge < -0.3 is 14.5 Å². The summed E-state index contributed by atoms with van der Waals surface area (Å²) in [5.41, 5.74) is 3.57. The Bertz CT molecular complexity index is 1690. The Balaban J connectivity index is 1.26. The number of amides is 1. The second-order valence-corrected chi connectivity index (χ2v) is 10.8. The van der Waals surface area contributed by atoms with Gasteiger partial charge in [0.1, 0.15) is 11.3 Å². The van der Waals surface area contributed by atoms with Gasteiger partial charge in [0.15, 0.2) is 0 Å². The molecule has 3 aromatic carbocycles. The van der Waals surface area contributed by atoms with Crippen LogP contribution in [0.1, 0.15) is 24.8 Å². The fraction of sp³-hybridized carbons (Fsp3) is 0.290. The Hall–Kier alpha value is -4.07. The number of alkyl halides is 3. The number of carbonyl (C=O) groups is 1. The lowest BCUT2D eigenvalue weighted by Crippen LogP contribution is -2.30. The summed E-state index contributed by atoms with van der Waals surface area (Å²) in [6.45, 7) is 1.84. The van der Waals surface area contributed by atoms with Crippen LogP contribution in [0.2, 0.25) is 0 Å². The zero-order valence-electron chi connectivity index (χ0n) is 21.2. The SMILES string of the molecule is O=C(C1CC1)N1CCC(Cn2c(-c3ccc(-c4ccc5cc[nH]c5c4)cc3)nc3c(C(F)(F)F)cccc32)C1. The van der Waals surface area contributed by atoms with Gasteiger partial charge in [-0.2, -0.15) is 13.2 Å². The molecule has 1 saturated heterocycles. The standard InChI is InChI=1S/C31H27F3N4O/c32-31(33,34)25-2-1-3-27-28(25)36-29(38(27)18-19-13-15-37(17-19)30(39)23-9-10-23)22-7-4-20(5-8-22)24-11-6-21-12-14-35-26(21)16-24/h1-8,11-12,14,16,19,23,35H,9-10,13,15,17-18H2. The quantitative estimate of drug-likeness (QED) is 0.264. The molecular formula is C31H27F3N4O. The van der Waals surface area contributed by atoms with Crippen LogP contribution in [-0.2, 0) is 17.5 Å². The highest BCUT2D eigenvalue weighted by Crippen LogP contribution is 2.38. The molecule has 1 saturated carbocycles. The lowest BCUT2D eigenvalue weighted by molar-refractivity contribution is -0.136. The zero-order chi connectivity index (χ0) is 26.7. The van der Waals surface area contributed by atoms with Gasteiger partial charge >= 0.3 is 6.18 Å². The van der Waals surface area contributed by atoms with Crippen LogP contribution in [0.4, 0.5) is 13.2 Å². The largest absolute Gasteiger partial charge is 0.418 e. The van der Waals surface area contributed by atoms with E-state index >= 15 is 0 Å². The van der Waals surface area contributed by atoms with Crippen LogP contribution in [0.5, 0.6) is 0 Å². The fourth-order valence-electron chi connectivity index (χ4n) is 5.85. The van der Waals surface area contributed by atoms with Crippen molar-refractivity contribution in [3.63, 3.8) is 0 Å². The molecule has 1 atom stereocenters. The van der Waals surface area contributed by atoms with E-state index in [1.54, 1.807) is 6.07 Å². The molecule has 1 N–H and O–H groups in total. The summed E-state index contributed by atoms with van der Waals surface area (Å²) in [5, 5.41) is 1.13. The number of likely N-dealkylation sites (tertiary alicyclic amines) is 1. The Morgan fingerprint density at radius 3 is 2.49 bits per heavy atom. The monoisotopic (exact) mass is 528 g/mol. The highest BCUT2D eigenvalue weighted by Gasteiger charge is 2.38. The highest BCUT2D eigenvalue weighted by molar-refractivity contribution is 5.86. The highest BCUT2D eigenvalue weighted by atomic mass is 19.4. The molecule has 0 spiro atoms. The van der Waals surface area contributed by atoms with E-state index in [4.69, 9.17) is 0 Å². The first kappa shape index (κ1) is 24.0. The number of carbonyl (C=O) groups excluding carboxylic acids is 1. The fourth-order valence-corrected chi connectivity index (χ4v) is 5.85. The van der Waals surface area contributed by atoms with Gasteiger partial charge in [0.05, 0.1) is 11.1 Å². The molecule has 2 aromatic heterocycles. The van der Waals surface area contributed by atoms with Gasteiger partial charge in [-0.25, -0.2) is 4.98 Å². The van der Waals surface area contributed by atoms with Gasteiger partial charge in [-0.3, -0.25) is 4.79 Å². The number of nitrogens with zero attached hydrogens (tertiary/aromatic N) is 3. The van der Waals surface area contributed by atoms with E-state index in [0.717, 1.165) is 52.9 Å².